The third-order valence-corrected chi connectivity index (χ3v) is 4.37. The van der Waals surface area contributed by atoms with Crippen LogP contribution in [-0.2, 0) is 5.41 Å². The van der Waals surface area contributed by atoms with Gasteiger partial charge in [0, 0.05) is 23.6 Å². The van der Waals surface area contributed by atoms with Crippen molar-refractivity contribution in [3.05, 3.63) is 23.5 Å². The Hall–Kier alpha value is -1.29. The second-order valence-corrected chi connectivity index (χ2v) is 6.20. The first-order valence-electron chi connectivity index (χ1n) is 7.77. The molecule has 21 heavy (non-hydrogen) atoms. The molecule has 1 aromatic rings. The monoisotopic (exact) mass is 295 g/mol. The van der Waals surface area contributed by atoms with Gasteiger partial charge in [0.05, 0.1) is 13.2 Å². The first-order valence-corrected chi connectivity index (χ1v) is 7.77. The van der Waals surface area contributed by atoms with E-state index in [9.17, 15) is 4.39 Å². The smallest absolute Gasteiger partial charge is 0.165 e. The fourth-order valence-electron chi connectivity index (χ4n) is 3.28. The van der Waals surface area contributed by atoms with Crippen LogP contribution < -0.4 is 15.2 Å². The van der Waals surface area contributed by atoms with E-state index in [1.54, 1.807) is 13.2 Å². The lowest BCUT2D eigenvalue weighted by Gasteiger charge is -2.38. The van der Waals surface area contributed by atoms with Crippen LogP contribution in [0.3, 0.4) is 0 Å². The molecule has 0 saturated heterocycles. The Morgan fingerprint density at radius 1 is 1.24 bits per heavy atom. The van der Waals surface area contributed by atoms with Crippen LogP contribution in [0.4, 0.5) is 4.39 Å². The maximum atomic E-state index is 14.0. The van der Waals surface area contributed by atoms with Crippen LogP contribution in [0.1, 0.15) is 51.5 Å². The highest BCUT2D eigenvalue weighted by Crippen LogP contribution is 2.46. The highest BCUT2D eigenvalue weighted by Gasteiger charge is 2.37. The quantitative estimate of drug-likeness (QED) is 0.899. The number of benzene rings is 1. The number of ether oxygens (including phenoxy) is 2. The zero-order valence-corrected chi connectivity index (χ0v) is 13.2. The standard InChI is InChI=1S/C17H26FNO2/c1-12(2)21-16-14(9-13(18)10-15(16)20-3)17(11-19)7-5-4-6-8-17/h9-10,12H,4-8,11,19H2,1-3H3. The van der Waals surface area contributed by atoms with E-state index in [1.165, 1.54) is 12.5 Å². The number of halogens is 1. The molecule has 0 bridgehead atoms. The maximum Gasteiger partial charge on any atom is 0.165 e. The van der Waals surface area contributed by atoms with Crippen LogP contribution in [0, 0.1) is 5.82 Å². The molecule has 0 heterocycles. The predicted octanol–water partition coefficient (Wildman–Crippen LogP) is 3.78. The second-order valence-electron chi connectivity index (χ2n) is 6.20. The van der Waals surface area contributed by atoms with Crippen molar-refractivity contribution in [2.24, 2.45) is 5.73 Å². The van der Waals surface area contributed by atoms with Gasteiger partial charge in [-0.15, -0.1) is 0 Å². The summed E-state index contributed by atoms with van der Waals surface area (Å²) < 4.78 is 25.3. The summed E-state index contributed by atoms with van der Waals surface area (Å²) in [5.41, 5.74) is 6.77. The van der Waals surface area contributed by atoms with Crippen LogP contribution in [0.2, 0.25) is 0 Å². The van der Waals surface area contributed by atoms with E-state index in [0.29, 0.717) is 18.0 Å². The second kappa shape index (κ2) is 6.65. The average molecular weight is 295 g/mol. The maximum absolute atomic E-state index is 14.0. The third-order valence-electron chi connectivity index (χ3n) is 4.37. The Labute approximate surface area is 126 Å². The number of rotatable bonds is 5. The van der Waals surface area contributed by atoms with Crippen molar-refractivity contribution in [1.82, 2.24) is 0 Å². The normalized spacial score (nSPS) is 17.8. The van der Waals surface area contributed by atoms with Gasteiger partial charge in [-0.05, 0) is 32.8 Å². The Morgan fingerprint density at radius 2 is 1.90 bits per heavy atom. The SMILES string of the molecule is COc1cc(F)cc(C2(CN)CCCCC2)c1OC(C)C. The van der Waals surface area contributed by atoms with Crippen LogP contribution in [-0.4, -0.2) is 19.8 Å². The lowest BCUT2D eigenvalue weighted by Crippen LogP contribution is -2.38. The van der Waals surface area contributed by atoms with E-state index in [-0.39, 0.29) is 17.3 Å². The molecule has 0 atom stereocenters. The molecule has 2 rings (SSSR count). The first-order chi connectivity index (χ1) is 10.0. The molecule has 1 fully saturated rings. The van der Waals surface area contributed by atoms with Gasteiger partial charge in [0.1, 0.15) is 5.82 Å². The van der Waals surface area contributed by atoms with E-state index in [2.05, 4.69) is 0 Å². The van der Waals surface area contributed by atoms with Crippen molar-refractivity contribution in [2.75, 3.05) is 13.7 Å². The molecule has 0 aliphatic heterocycles. The summed E-state index contributed by atoms with van der Waals surface area (Å²) in [6.45, 7) is 4.43. The minimum Gasteiger partial charge on any atom is -0.493 e. The van der Waals surface area contributed by atoms with Gasteiger partial charge in [0.15, 0.2) is 11.5 Å². The summed E-state index contributed by atoms with van der Waals surface area (Å²) in [6.07, 6.45) is 5.42. The van der Waals surface area contributed by atoms with Crippen LogP contribution in [0.25, 0.3) is 0 Å². The van der Waals surface area contributed by atoms with Gasteiger partial charge in [0.2, 0.25) is 0 Å². The van der Waals surface area contributed by atoms with Crippen molar-refractivity contribution < 1.29 is 13.9 Å². The highest BCUT2D eigenvalue weighted by atomic mass is 19.1. The minimum absolute atomic E-state index is 0.00141. The molecule has 0 spiro atoms. The van der Waals surface area contributed by atoms with Crippen molar-refractivity contribution in [2.45, 2.75) is 57.5 Å². The van der Waals surface area contributed by atoms with Crippen molar-refractivity contribution in [3.8, 4) is 11.5 Å². The molecule has 0 unspecified atom stereocenters. The molecule has 0 amide bonds. The number of hydrogen-bond acceptors (Lipinski definition) is 3. The topological polar surface area (TPSA) is 44.5 Å². The molecule has 3 nitrogen and oxygen atoms in total. The Morgan fingerprint density at radius 3 is 2.43 bits per heavy atom. The molecule has 118 valence electrons. The van der Waals surface area contributed by atoms with E-state index in [1.807, 2.05) is 13.8 Å². The van der Waals surface area contributed by atoms with E-state index in [0.717, 1.165) is 31.2 Å². The molecular formula is C17H26FNO2. The van der Waals surface area contributed by atoms with Gasteiger partial charge in [-0.25, -0.2) is 4.39 Å². The molecule has 1 aromatic carbocycles. The third kappa shape index (κ3) is 3.31. The van der Waals surface area contributed by atoms with Gasteiger partial charge in [0.25, 0.3) is 0 Å². The molecule has 1 aliphatic rings. The fourth-order valence-corrected chi connectivity index (χ4v) is 3.28. The molecular weight excluding hydrogens is 269 g/mol. The molecule has 1 saturated carbocycles. The fraction of sp³-hybridized carbons (Fsp3) is 0.647. The lowest BCUT2D eigenvalue weighted by molar-refractivity contribution is 0.213. The van der Waals surface area contributed by atoms with Crippen LogP contribution in [0.5, 0.6) is 11.5 Å². The molecule has 0 radical (unpaired) electrons. The van der Waals surface area contributed by atoms with Crippen LogP contribution >= 0.6 is 0 Å². The largest absolute Gasteiger partial charge is 0.493 e. The molecule has 0 aromatic heterocycles. The Balaban J connectivity index is 2.56. The van der Waals surface area contributed by atoms with Gasteiger partial charge in [-0.3, -0.25) is 0 Å². The van der Waals surface area contributed by atoms with E-state index < -0.39 is 0 Å². The molecule has 1 aliphatic carbocycles. The summed E-state index contributed by atoms with van der Waals surface area (Å²) in [5, 5.41) is 0. The van der Waals surface area contributed by atoms with Gasteiger partial charge >= 0.3 is 0 Å². The minimum atomic E-state index is -0.295. The van der Waals surface area contributed by atoms with Gasteiger partial charge in [-0.2, -0.15) is 0 Å². The van der Waals surface area contributed by atoms with Crippen molar-refractivity contribution in [1.29, 1.82) is 0 Å². The van der Waals surface area contributed by atoms with Gasteiger partial charge in [-0.1, -0.05) is 19.3 Å². The average Bonchev–Trinajstić information content (AvgIpc) is 2.48. The Bertz CT molecular complexity index is 482. The summed E-state index contributed by atoms with van der Waals surface area (Å²) in [7, 11) is 1.54. The summed E-state index contributed by atoms with van der Waals surface area (Å²) in [4.78, 5) is 0. The van der Waals surface area contributed by atoms with E-state index >= 15 is 0 Å². The van der Waals surface area contributed by atoms with E-state index in [4.69, 9.17) is 15.2 Å². The molecule has 2 N–H and O–H groups in total. The predicted molar refractivity (Wildman–Crippen MR) is 82.5 cm³/mol. The zero-order valence-electron chi connectivity index (χ0n) is 13.2. The van der Waals surface area contributed by atoms with Gasteiger partial charge < -0.3 is 15.2 Å². The first kappa shape index (κ1) is 16.1. The number of hydrogen-bond donors (Lipinski definition) is 1. The Kier molecular flexibility index (Phi) is 5.09. The lowest BCUT2D eigenvalue weighted by atomic mass is 9.69. The van der Waals surface area contributed by atoms with Crippen LogP contribution in [0.15, 0.2) is 12.1 Å². The van der Waals surface area contributed by atoms with Crippen molar-refractivity contribution >= 4 is 0 Å². The molecule has 4 heteroatoms. The summed E-state index contributed by atoms with van der Waals surface area (Å²) in [5.74, 6) is 0.815. The zero-order chi connectivity index (χ0) is 15.5. The highest BCUT2D eigenvalue weighted by molar-refractivity contribution is 5.51. The van der Waals surface area contributed by atoms with Crippen molar-refractivity contribution in [3.63, 3.8) is 0 Å². The number of methoxy groups -OCH3 is 1. The number of nitrogens with two attached hydrogens (primary N) is 1. The summed E-state index contributed by atoms with van der Waals surface area (Å²) in [6, 6.07) is 2.96. The summed E-state index contributed by atoms with van der Waals surface area (Å²) >= 11 is 0.